The predicted octanol–water partition coefficient (Wildman–Crippen LogP) is 3.70. The van der Waals surface area contributed by atoms with Gasteiger partial charge < -0.3 is 5.32 Å². The van der Waals surface area contributed by atoms with Crippen molar-refractivity contribution in [3.63, 3.8) is 0 Å². The Morgan fingerprint density at radius 3 is 2.85 bits per heavy atom. The van der Waals surface area contributed by atoms with Gasteiger partial charge in [0, 0.05) is 44.1 Å². The molecule has 1 fully saturated rings. The van der Waals surface area contributed by atoms with Crippen LogP contribution in [0.3, 0.4) is 0 Å². The van der Waals surface area contributed by atoms with E-state index in [0.29, 0.717) is 11.9 Å². The van der Waals surface area contributed by atoms with E-state index in [-0.39, 0.29) is 0 Å². The number of hydrogen-bond donors (Lipinski definition) is 1. The number of likely N-dealkylation sites (tertiary alicyclic amines) is 1. The first-order chi connectivity index (χ1) is 13.3. The highest BCUT2D eigenvalue weighted by molar-refractivity contribution is 5.48. The largest absolute Gasteiger partial charge is 0.309 e. The SMILES string of the molecule is Cc1cnccc1CN1CCCC(c2ccnc(Nc3ncccn3)c2)C1. The van der Waals surface area contributed by atoms with Crippen LogP contribution in [0.1, 0.15) is 35.4 Å². The zero-order valence-electron chi connectivity index (χ0n) is 15.5. The number of anilines is 2. The topological polar surface area (TPSA) is 66.8 Å². The number of nitrogens with zero attached hydrogens (tertiary/aromatic N) is 5. The number of aromatic nitrogens is 4. The van der Waals surface area contributed by atoms with Gasteiger partial charge in [-0.1, -0.05) is 0 Å². The summed E-state index contributed by atoms with van der Waals surface area (Å²) in [6, 6.07) is 8.19. The first-order valence-corrected chi connectivity index (χ1v) is 9.40. The Hall–Kier alpha value is -2.86. The maximum absolute atomic E-state index is 4.42. The van der Waals surface area contributed by atoms with Crippen molar-refractivity contribution < 1.29 is 0 Å². The zero-order chi connectivity index (χ0) is 18.5. The van der Waals surface area contributed by atoms with E-state index in [9.17, 15) is 0 Å². The Labute approximate surface area is 159 Å². The van der Waals surface area contributed by atoms with Gasteiger partial charge >= 0.3 is 0 Å². The third-order valence-electron chi connectivity index (χ3n) is 5.10. The summed E-state index contributed by atoms with van der Waals surface area (Å²) < 4.78 is 0. The van der Waals surface area contributed by atoms with Gasteiger partial charge in [0.05, 0.1) is 0 Å². The van der Waals surface area contributed by atoms with Gasteiger partial charge in [0.1, 0.15) is 5.82 Å². The quantitative estimate of drug-likeness (QED) is 0.748. The Bertz CT molecular complexity index is 883. The van der Waals surface area contributed by atoms with Crippen LogP contribution in [0.25, 0.3) is 0 Å². The molecular weight excluding hydrogens is 336 g/mol. The zero-order valence-corrected chi connectivity index (χ0v) is 15.5. The first kappa shape index (κ1) is 17.5. The molecule has 4 rings (SSSR count). The normalized spacial score (nSPS) is 17.6. The van der Waals surface area contributed by atoms with E-state index in [1.165, 1.54) is 29.5 Å². The molecule has 0 bridgehead atoms. The molecule has 3 aromatic rings. The second-order valence-corrected chi connectivity index (χ2v) is 7.05. The molecule has 27 heavy (non-hydrogen) atoms. The Kier molecular flexibility index (Phi) is 5.34. The molecule has 0 aromatic carbocycles. The van der Waals surface area contributed by atoms with Crippen molar-refractivity contribution in [2.75, 3.05) is 18.4 Å². The molecule has 1 saturated heterocycles. The highest BCUT2D eigenvalue weighted by Crippen LogP contribution is 2.29. The van der Waals surface area contributed by atoms with E-state index in [0.717, 1.165) is 25.5 Å². The smallest absolute Gasteiger partial charge is 0.228 e. The minimum absolute atomic E-state index is 0.515. The summed E-state index contributed by atoms with van der Waals surface area (Å²) in [5.41, 5.74) is 3.95. The van der Waals surface area contributed by atoms with Crippen molar-refractivity contribution in [1.29, 1.82) is 0 Å². The van der Waals surface area contributed by atoms with Crippen molar-refractivity contribution in [1.82, 2.24) is 24.8 Å². The third kappa shape index (κ3) is 4.46. The summed E-state index contributed by atoms with van der Waals surface area (Å²) in [5.74, 6) is 1.88. The van der Waals surface area contributed by atoms with Gasteiger partial charge in [-0.15, -0.1) is 0 Å². The molecule has 1 atom stereocenters. The van der Waals surface area contributed by atoms with Gasteiger partial charge in [0.2, 0.25) is 5.95 Å². The van der Waals surface area contributed by atoms with E-state index in [1.807, 2.05) is 18.6 Å². The fourth-order valence-electron chi connectivity index (χ4n) is 3.64. The summed E-state index contributed by atoms with van der Waals surface area (Å²) in [6.07, 6.45) is 11.6. The van der Waals surface area contributed by atoms with Crippen LogP contribution in [0, 0.1) is 6.92 Å². The van der Waals surface area contributed by atoms with Gasteiger partial charge in [-0.05, 0) is 73.2 Å². The Morgan fingerprint density at radius 2 is 2.00 bits per heavy atom. The van der Waals surface area contributed by atoms with Gasteiger partial charge in [-0.2, -0.15) is 0 Å². The maximum Gasteiger partial charge on any atom is 0.228 e. The predicted molar refractivity (Wildman–Crippen MR) is 106 cm³/mol. The molecule has 0 aliphatic carbocycles. The van der Waals surface area contributed by atoms with Crippen molar-refractivity contribution in [3.8, 4) is 0 Å². The number of piperidine rings is 1. The van der Waals surface area contributed by atoms with Crippen LogP contribution in [0.2, 0.25) is 0 Å². The summed E-state index contributed by atoms with van der Waals surface area (Å²) in [4.78, 5) is 19.6. The Morgan fingerprint density at radius 1 is 1.11 bits per heavy atom. The van der Waals surface area contributed by atoms with Crippen LogP contribution in [0.4, 0.5) is 11.8 Å². The van der Waals surface area contributed by atoms with Crippen molar-refractivity contribution in [3.05, 3.63) is 71.9 Å². The fourth-order valence-corrected chi connectivity index (χ4v) is 3.64. The molecule has 3 aromatic heterocycles. The monoisotopic (exact) mass is 360 g/mol. The molecule has 1 N–H and O–H groups in total. The second kappa shape index (κ2) is 8.22. The lowest BCUT2D eigenvalue weighted by Crippen LogP contribution is -2.34. The molecule has 4 heterocycles. The minimum Gasteiger partial charge on any atom is -0.309 e. The van der Waals surface area contributed by atoms with Gasteiger partial charge in [-0.3, -0.25) is 9.88 Å². The number of rotatable bonds is 5. The molecule has 1 unspecified atom stereocenters. The van der Waals surface area contributed by atoms with Crippen LogP contribution in [0.15, 0.2) is 55.2 Å². The van der Waals surface area contributed by atoms with Crippen LogP contribution in [-0.2, 0) is 6.54 Å². The molecule has 138 valence electrons. The Balaban J connectivity index is 1.45. The summed E-state index contributed by atoms with van der Waals surface area (Å²) in [6.45, 7) is 5.33. The van der Waals surface area contributed by atoms with Crippen LogP contribution >= 0.6 is 0 Å². The van der Waals surface area contributed by atoms with E-state index in [1.54, 1.807) is 18.5 Å². The number of pyridine rings is 2. The summed E-state index contributed by atoms with van der Waals surface area (Å²) in [5, 5.41) is 3.19. The molecule has 0 saturated carbocycles. The molecule has 0 amide bonds. The fraction of sp³-hybridized carbons (Fsp3) is 0.333. The molecule has 6 nitrogen and oxygen atoms in total. The van der Waals surface area contributed by atoms with Crippen molar-refractivity contribution in [2.45, 2.75) is 32.2 Å². The van der Waals surface area contributed by atoms with Crippen molar-refractivity contribution >= 4 is 11.8 Å². The number of hydrogen-bond acceptors (Lipinski definition) is 6. The van der Waals surface area contributed by atoms with Gasteiger partial charge in [-0.25, -0.2) is 15.0 Å². The highest BCUT2D eigenvalue weighted by atomic mass is 15.1. The van der Waals surface area contributed by atoms with E-state index < -0.39 is 0 Å². The maximum atomic E-state index is 4.42. The van der Waals surface area contributed by atoms with Crippen LogP contribution < -0.4 is 5.32 Å². The van der Waals surface area contributed by atoms with Crippen molar-refractivity contribution in [2.24, 2.45) is 0 Å². The third-order valence-corrected chi connectivity index (χ3v) is 5.10. The molecule has 1 aliphatic rings. The lowest BCUT2D eigenvalue weighted by Gasteiger charge is -2.33. The molecular formula is C21H24N6. The summed E-state index contributed by atoms with van der Waals surface area (Å²) in [7, 11) is 0. The standard InChI is InChI=1S/C21H24N6/c1-16-13-22-9-5-18(16)14-27-11-2-4-19(15-27)17-6-10-23-20(12-17)26-21-24-7-3-8-25-21/h3,5-10,12-13,19H,2,4,11,14-15H2,1H3,(H,23,24,25,26). The van der Waals surface area contributed by atoms with E-state index in [4.69, 9.17) is 0 Å². The molecule has 6 heteroatoms. The van der Waals surface area contributed by atoms with E-state index >= 15 is 0 Å². The average molecular weight is 360 g/mol. The lowest BCUT2D eigenvalue weighted by atomic mass is 9.91. The second-order valence-electron chi connectivity index (χ2n) is 7.05. The van der Waals surface area contributed by atoms with Gasteiger partial charge in [0.25, 0.3) is 0 Å². The highest BCUT2D eigenvalue weighted by Gasteiger charge is 2.22. The number of aryl methyl sites for hydroxylation is 1. The first-order valence-electron chi connectivity index (χ1n) is 9.40. The average Bonchev–Trinajstić information content (AvgIpc) is 2.71. The lowest BCUT2D eigenvalue weighted by molar-refractivity contribution is 0.200. The number of nitrogens with one attached hydrogen (secondary N) is 1. The van der Waals surface area contributed by atoms with Crippen LogP contribution in [-0.4, -0.2) is 37.9 Å². The molecule has 0 radical (unpaired) electrons. The molecule has 1 aliphatic heterocycles. The molecule has 0 spiro atoms. The minimum atomic E-state index is 0.515. The van der Waals surface area contributed by atoms with Crippen LogP contribution in [0.5, 0.6) is 0 Å². The summed E-state index contributed by atoms with van der Waals surface area (Å²) >= 11 is 0. The van der Waals surface area contributed by atoms with E-state index in [2.05, 4.69) is 55.3 Å². The van der Waals surface area contributed by atoms with Gasteiger partial charge in [0.15, 0.2) is 0 Å².